The number of aromatic hydroxyl groups is 1. The second kappa shape index (κ2) is 6.82. The van der Waals surface area contributed by atoms with E-state index in [0.717, 1.165) is 16.3 Å². The number of nitrogens with zero attached hydrogens (tertiary/aromatic N) is 3. The first-order valence-corrected chi connectivity index (χ1v) is 7.89. The molecule has 1 atom stereocenters. The molecule has 0 spiro atoms. The molecule has 1 aliphatic rings. The summed E-state index contributed by atoms with van der Waals surface area (Å²) in [5.74, 6) is 0.592. The predicted octanol–water partition coefficient (Wildman–Crippen LogP) is 2.03. The van der Waals surface area contributed by atoms with Crippen LogP contribution in [-0.4, -0.2) is 34.1 Å². The van der Waals surface area contributed by atoms with E-state index in [1.807, 2.05) is 32.0 Å². The van der Waals surface area contributed by atoms with Gasteiger partial charge in [-0.2, -0.15) is 4.98 Å². The Kier molecular flexibility index (Phi) is 4.59. The topological polar surface area (TPSA) is 85.7 Å². The summed E-state index contributed by atoms with van der Waals surface area (Å²) >= 11 is 0. The van der Waals surface area contributed by atoms with Crippen molar-refractivity contribution in [3.63, 3.8) is 0 Å². The highest BCUT2D eigenvalue weighted by Gasteiger charge is 2.14. The van der Waals surface area contributed by atoms with E-state index < -0.39 is 6.67 Å². The van der Waals surface area contributed by atoms with Gasteiger partial charge in [0.2, 0.25) is 11.8 Å². The Morgan fingerprint density at radius 2 is 2.21 bits per heavy atom. The summed E-state index contributed by atoms with van der Waals surface area (Å²) in [6.07, 6.45) is 3.95. The number of aromatic amines is 1. The van der Waals surface area contributed by atoms with Gasteiger partial charge in [-0.25, -0.2) is 14.4 Å². The lowest BCUT2D eigenvalue weighted by Gasteiger charge is -2.16. The van der Waals surface area contributed by atoms with E-state index >= 15 is 0 Å². The average molecular weight is 329 g/mol. The van der Waals surface area contributed by atoms with E-state index in [0.29, 0.717) is 24.0 Å². The zero-order chi connectivity index (χ0) is 17.1. The Labute approximate surface area is 138 Å². The van der Waals surface area contributed by atoms with Gasteiger partial charge in [0.05, 0.1) is 17.1 Å². The van der Waals surface area contributed by atoms with E-state index in [9.17, 15) is 9.50 Å². The molecule has 1 aromatic carbocycles. The Bertz CT molecular complexity index is 872. The summed E-state index contributed by atoms with van der Waals surface area (Å²) in [7, 11) is 0. The largest absolute Gasteiger partial charge is 0.492 e. The number of hydrogen-bond acceptors (Lipinski definition) is 5. The number of nitrogens with one attached hydrogen (secondary N) is 2. The Morgan fingerprint density at radius 3 is 2.96 bits per heavy atom. The first kappa shape index (κ1) is 16.2. The maximum atomic E-state index is 13.1. The molecule has 0 saturated carbocycles. The third kappa shape index (κ3) is 3.61. The molecule has 3 N–H and O–H groups in total. The summed E-state index contributed by atoms with van der Waals surface area (Å²) in [4.78, 5) is 15.3. The van der Waals surface area contributed by atoms with Crippen molar-refractivity contribution in [2.45, 2.75) is 26.3 Å². The zero-order valence-electron chi connectivity index (χ0n) is 13.6. The highest BCUT2D eigenvalue weighted by Crippen LogP contribution is 2.19. The smallest absolute Gasteiger partial charge is 0.238 e. The van der Waals surface area contributed by atoms with Gasteiger partial charge in [0, 0.05) is 0 Å². The molecule has 0 saturated heterocycles. The number of imidazole rings is 1. The van der Waals surface area contributed by atoms with Gasteiger partial charge in [-0.3, -0.25) is 0 Å². The molecule has 7 heteroatoms. The molecule has 2 aromatic rings. The minimum absolute atomic E-state index is 0.131. The summed E-state index contributed by atoms with van der Waals surface area (Å²) < 4.78 is 13.1. The standard InChI is InChI=1S/C17H20FN5O/c1-10(2)5-12(8-18)21-17-22-15(16(24)23-17)7-11-3-4-13-14(6-11)20-9-19-13/h3-4,6-7,9-10,12,24H,5,8H2,1-2H3,(H2,21,22,23)/b11-7+/t12-/m0/s1. The first-order valence-electron chi connectivity index (χ1n) is 7.89. The van der Waals surface area contributed by atoms with Crippen LogP contribution in [0.4, 0.5) is 16.0 Å². The third-order valence-corrected chi connectivity index (χ3v) is 3.70. The number of fused-ring (bicyclic) bond motifs is 1. The number of hydrogen-bond donors (Lipinski definition) is 3. The molecule has 1 aromatic heterocycles. The number of alkyl halides is 1. The molecule has 0 amide bonds. The van der Waals surface area contributed by atoms with Crippen LogP contribution in [0.5, 0.6) is 5.88 Å². The number of halogens is 1. The number of H-pyrrole nitrogens is 1. The molecule has 0 aliphatic carbocycles. The molecule has 0 radical (unpaired) electrons. The fourth-order valence-corrected chi connectivity index (χ4v) is 2.63. The van der Waals surface area contributed by atoms with Crippen molar-refractivity contribution in [3.05, 3.63) is 34.5 Å². The van der Waals surface area contributed by atoms with Gasteiger partial charge in [0.25, 0.3) is 0 Å². The van der Waals surface area contributed by atoms with Crippen LogP contribution in [0.2, 0.25) is 0 Å². The van der Waals surface area contributed by atoms with E-state index in [-0.39, 0.29) is 11.9 Å². The summed E-state index contributed by atoms with van der Waals surface area (Å²) in [5.41, 5.74) is 1.24. The van der Waals surface area contributed by atoms with Gasteiger partial charge in [-0.1, -0.05) is 19.9 Å². The number of aromatic nitrogens is 2. The van der Waals surface area contributed by atoms with E-state index in [4.69, 9.17) is 0 Å². The maximum Gasteiger partial charge on any atom is 0.238 e. The lowest BCUT2D eigenvalue weighted by Crippen LogP contribution is -2.24. The second-order valence-corrected chi connectivity index (χ2v) is 6.21. The Hall–Kier alpha value is -2.70. The van der Waals surface area contributed by atoms with Gasteiger partial charge >= 0.3 is 0 Å². The summed E-state index contributed by atoms with van der Waals surface area (Å²) in [6.45, 7) is 3.57. The Balaban J connectivity index is 1.83. The fourth-order valence-electron chi connectivity index (χ4n) is 2.63. The van der Waals surface area contributed by atoms with Crippen LogP contribution in [0.3, 0.4) is 0 Å². The van der Waals surface area contributed by atoms with Gasteiger partial charge in [-0.15, -0.1) is 0 Å². The van der Waals surface area contributed by atoms with Crippen molar-refractivity contribution < 1.29 is 9.50 Å². The highest BCUT2D eigenvalue weighted by atomic mass is 19.1. The van der Waals surface area contributed by atoms with Gasteiger partial charge in [0.15, 0.2) is 0 Å². The highest BCUT2D eigenvalue weighted by molar-refractivity contribution is 5.67. The van der Waals surface area contributed by atoms with Crippen molar-refractivity contribution in [2.75, 3.05) is 12.0 Å². The molecule has 3 rings (SSSR count). The van der Waals surface area contributed by atoms with Crippen LogP contribution in [-0.2, 0) is 0 Å². The van der Waals surface area contributed by atoms with E-state index in [1.54, 1.807) is 6.08 Å². The van der Waals surface area contributed by atoms with Crippen molar-refractivity contribution in [1.29, 1.82) is 0 Å². The number of anilines is 1. The summed E-state index contributed by atoms with van der Waals surface area (Å²) in [6, 6.07) is 5.29. The van der Waals surface area contributed by atoms with Gasteiger partial charge in [0.1, 0.15) is 18.7 Å². The van der Waals surface area contributed by atoms with E-state index in [2.05, 4.69) is 25.3 Å². The third-order valence-electron chi connectivity index (χ3n) is 3.70. The van der Waals surface area contributed by atoms with Crippen molar-refractivity contribution in [2.24, 2.45) is 15.9 Å². The Morgan fingerprint density at radius 1 is 1.38 bits per heavy atom. The molecule has 24 heavy (non-hydrogen) atoms. The zero-order valence-corrected chi connectivity index (χ0v) is 13.6. The van der Waals surface area contributed by atoms with Crippen LogP contribution in [0.15, 0.2) is 28.2 Å². The molecular weight excluding hydrogens is 309 g/mol. The van der Waals surface area contributed by atoms with Crippen molar-refractivity contribution in [3.8, 4) is 5.88 Å². The molecule has 0 unspecified atom stereocenters. The normalized spacial score (nSPS) is 14.8. The SMILES string of the molecule is CC(C)C[C@@H](CF)Nc1nc(O)c(/C=c2\ccc3c(c2)N=CN=3)[nH]1. The van der Waals surface area contributed by atoms with Crippen molar-refractivity contribution >= 4 is 24.1 Å². The monoisotopic (exact) mass is 329 g/mol. The molecule has 0 bridgehead atoms. The van der Waals surface area contributed by atoms with Gasteiger partial charge < -0.3 is 15.4 Å². The van der Waals surface area contributed by atoms with Gasteiger partial charge in [-0.05, 0) is 35.8 Å². The molecule has 1 aliphatic heterocycles. The van der Waals surface area contributed by atoms with Crippen LogP contribution in [0, 0.1) is 5.92 Å². The number of rotatable bonds is 6. The maximum absolute atomic E-state index is 13.1. The molecule has 126 valence electrons. The molecule has 0 fully saturated rings. The van der Waals surface area contributed by atoms with Crippen LogP contribution in [0.25, 0.3) is 6.08 Å². The second-order valence-electron chi connectivity index (χ2n) is 6.21. The van der Waals surface area contributed by atoms with Crippen molar-refractivity contribution in [1.82, 2.24) is 9.97 Å². The number of benzene rings is 1. The molecular formula is C17H20FN5O. The first-order chi connectivity index (χ1) is 11.5. The molecule has 6 nitrogen and oxygen atoms in total. The predicted molar refractivity (Wildman–Crippen MR) is 92.0 cm³/mol. The fraction of sp³-hybridized carbons (Fsp3) is 0.353. The molecule has 2 heterocycles. The van der Waals surface area contributed by atoms with Crippen LogP contribution >= 0.6 is 0 Å². The van der Waals surface area contributed by atoms with Crippen LogP contribution < -0.4 is 15.9 Å². The lowest BCUT2D eigenvalue weighted by molar-refractivity contribution is 0.396. The van der Waals surface area contributed by atoms with Crippen LogP contribution in [0.1, 0.15) is 26.0 Å². The van der Waals surface area contributed by atoms with E-state index in [1.165, 1.54) is 6.34 Å². The number of aliphatic imine (C=N–C) groups is 1. The average Bonchev–Trinajstić information content (AvgIpc) is 3.12. The lowest BCUT2D eigenvalue weighted by atomic mass is 10.1. The summed E-state index contributed by atoms with van der Waals surface area (Å²) in [5, 5.41) is 14.7. The minimum Gasteiger partial charge on any atom is -0.492 e. The quantitative estimate of drug-likeness (QED) is 0.758. The minimum atomic E-state index is -0.495.